The summed E-state index contributed by atoms with van der Waals surface area (Å²) in [7, 11) is -1.77. The SMILES string of the molecule is CNc1ccc2cc(S(=O)(=O)O)c(N=Nc3cc(N)c(N=Nc4cccc(C(=O)O)c4)cc3OC)c(O)c2c1. The number of nitrogens with one attached hydrogen (secondary N) is 1. The van der Waals surface area contributed by atoms with Gasteiger partial charge >= 0.3 is 5.97 Å². The summed E-state index contributed by atoms with van der Waals surface area (Å²) in [5.41, 5.74) is 6.91. The third kappa shape index (κ3) is 5.76. The second-order valence-corrected chi connectivity index (χ2v) is 9.46. The largest absolute Gasteiger partial charge is 0.505 e. The smallest absolute Gasteiger partial charge is 0.335 e. The lowest BCUT2D eigenvalue weighted by molar-refractivity contribution is 0.0697. The molecule has 13 nitrogen and oxygen atoms in total. The fraction of sp³-hybridized carbons (Fsp3) is 0.0800. The van der Waals surface area contributed by atoms with Crippen molar-refractivity contribution < 1.29 is 32.7 Å². The van der Waals surface area contributed by atoms with Gasteiger partial charge in [0.15, 0.2) is 5.75 Å². The lowest BCUT2D eigenvalue weighted by Crippen LogP contribution is -1.99. The van der Waals surface area contributed by atoms with Gasteiger partial charge in [-0.15, -0.1) is 15.3 Å². The average molecular weight is 551 g/mol. The van der Waals surface area contributed by atoms with Crippen molar-refractivity contribution in [1.29, 1.82) is 0 Å². The number of rotatable bonds is 8. The molecule has 0 saturated carbocycles. The van der Waals surface area contributed by atoms with Crippen LogP contribution >= 0.6 is 0 Å². The quantitative estimate of drug-likeness (QED) is 0.0994. The molecule has 0 saturated heterocycles. The number of phenols is 1. The summed E-state index contributed by atoms with van der Waals surface area (Å²) in [5.74, 6) is -1.49. The maximum absolute atomic E-state index is 12.1. The minimum absolute atomic E-state index is 0.0381. The molecule has 0 amide bonds. The van der Waals surface area contributed by atoms with Crippen molar-refractivity contribution in [3.05, 3.63) is 66.2 Å². The standard InChI is InChI=1S/C25H22N6O7S/c1-27-15-7-6-13-9-22(39(35,36)37)23(24(32)17(13)10-15)31-30-20-11-18(26)19(12-21(20)38-2)29-28-16-5-3-4-14(8-16)25(33)34/h3-12,27,32H,26H2,1-2H3,(H,33,34)(H,35,36,37). The number of nitrogens with two attached hydrogens (primary N) is 1. The van der Waals surface area contributed by atoms with Crippen molar-refractivity contribution >= 4 is 61.0 Å². The Labute approximate surface area is 222 Å². The molecule has 0 bridgehead atoms. The van der Waals surface area contributed by atoms with Gasteiger partial charge in [0.25, 0.3) is 10.1 Å². The Bertz CT molecular complexity index is 1770. The molecule has 6 N–H and O–H groups in total. The van der Waals surface area contributed by atoms with Gasteiger partial charge in [0, 0.05) is 24.2 Å². The third-order valence-electron chi connectivity index (χ3n) is 5.57. The van der Waals surface area contributed by atoms with Gasteiger partial charge in [0.2, 0.25) is 0 Å². The van der Waals surface area contributed by atoms with E-state index in [4.69, 9.17) is 15.6 Å². The Morgan fingerprint density at radius 2 is 1.72 bits per heavy atom. The summed E-state index contributed by atoms with van der Waals surface area (Å²) in [5, 5.41) is 39.5. The molecule has 0 aromatic heterocycles. The van der Waals surface area contributed by atoms with Gasteiger partial charge < -0.3 is 26.0 Å². The second-order valence-electron chi connectivity index (χ2n) is 8.07. The molecule has 0 aliphatic carbocycles. The first-order chi connectivity index (χ1) is 18.5. The van der Waals surface area contributed by atoms with E-state index in [2.05, 4.69) is 25.8 Å². The molecule has 0 fully saturated rings. The minimum Gasteiger partial charge on any atom is -0.505 e. The van der Waals surface area contributed by atoms with E-state index in [-0.39, 0.29) is 39.4 Å². The van der Waals surface area contributed by atoms with E-state index < -0.39 is 32.4 Å². The number of anilines is 2. The molecule has 0 spiro atoms. The molecule has 4 rings (SSSR count). The number of aromatic carboxylic acids is 1. The van der Waals surface area contributed by atoms with Crippen LogP contribution in [0.5, 0.6) is 11.5 Å². The number of hydrogen-bond acceptors (Lipinski definition) is 11. The number of azo groups is 2. The highest BCUT2D eigenvalue weighted by Gasteiger charge is 2.22. The number of carbonyl (C=O) groups is 1. The predicted octanol–water partition coefficient (Wildman–Crippen LogP) is 5.95. The molecular formula is C25H22N6O7S. The van der Waals surface area contributed by atoms with Crippen LogP contribution in [0, 0.1) is 0 Å². The van der Waals surface area contributed by atoms with Crippen molar-refractivity contribution in [2.45, 2.75) is 4.90 Å². The van der Waals surface area contributed by atoms with E-state index in [1.54, 1.807) is 31.3 Å². The van der Waals surface area contributed by atoms with Crippen LogP contribution in [0.4, 0.5) is 34.1 Å². The molecule has 39 heavy (non-hydrogen) atoms. The van der Waals surface area contributed by atoms with Crippen molar-refractivity contribution in [3.63, 3.8) is 0 Å². The van der Waals surface area contributed by atoms with E-state index in [0.29, 0.717) is 11.1 Å². The van der Waals surface area contributed by atoms with Gasteiger partial charge in [-0.1, -0.05) is 12.1 Å². The fourth-order valence-corrected chi connectivity index (χ4v) is 4.27. The first-order valence-electron chi connectivity index (χ1n) is 11.1. The Hall–Kier alpha value is -5.08. The van der Waals surface area contributed by atoms with E-state index in [1.807, 2.05) is 0 Å². The molecule has 0 aliphatic heterocycles. The number of fused-ring (bicyclic) bond motifs is 1. The van der Waals surface area contributed by atoms with Crippen molar-refractivity contribution in [2.75, 3.05) is 25.2 Å². The normalized spacial score (nSPS) is 11.9. The first kappa shape index (κ1) is 27.0. The number of carboxylic acids is 1. The average Bonchev–Trinajstić information content (AvgIpc) is 2.91. The zero-order valence-electron chi connectivity index (χ0n) is 20.5. The zero-order chi connectivity index (χ0) is 28.3. The number of hydrogen-bond donors (Lipinski definition) is 5. The molecule has 0 unspecified atom stereocenters. The summed E-state index contributed by atoms with van der Waals surface area (Å²) in [4.78, 5) is 10.5. The van der Waals surface area contributed by atoms with Gasteiger partial charge in [-0.25, -0.2) is 4.79 Å². The predicted molar refractivity (Wildman–Crippen MR) is 144 cm³/mol. The molecule has 0 radical (unpaired) electrons. The maximum atomic E-state index is 12.1. The van der Waals surface area contributed by atoms with Gasteiger partial charge in [0.05, 0.1) is 24.0 Å². The third-order valence-corrected chi connectivity index (χ3v) is 6.44. The van der Waals surface area contributed by atoms with Crippen LogP contribution < -0.4 is 15.8 Å². The number of methoxy groups -OCH3 is 1. The summed E-state index contributed by atoms with van der Waals surface area (Å²) < 4.78 is 39.3. The monoisotopic (exact) mass is 550 g/mol. The molecule has 14 heteroatoms. The lowest BCUT2D eigenvalue weighted by Gasteiger charge is -2.11. The number of ether oxygens (including phenoxy) is 1. The number of nitrogens with zero attached hydrogens (tertiary/aromatic N) is 4. The molecular weight excluding hydrogens is 528 g/mol. The Balaban J connectivity index is 1.76. The van der Waals surface area contributed by atoms with Crippen LogP contribution in [0.1, 0.15) is 10.4 Å². The van der Waals surface area contributed by atoms with Crippen molar-refractivity contribution in [3.8, 4) is 11.5 Å². The fourth-order valence-electron chi connectivity index (χ4n) is 3.61. The van der Waals surface area contributed by atoms with Crippen LogP contribution in [-0.2, 0) is 10.1 Å². The molecule has 0 atom stereocenters. The van der Waals surface area contributed by atoms with E-state index in [1.165, 1.54) is 43.5 Å². The molecule has 200 valence electrons. The second kappa shape index (κ2) is 10.7. The summed E-state index contributed by atoms with van der Waals surface area (Å²) in [6.45, 7) is 0. The number of benzene rings is 4. The number of phenolic OH excluding ortho intramolecular Hbond substituents is 1. The van der Waals surface area contributed by atoms with Crippen molar-refractivity contribution in [1.82, 2.24) is 0 Å². The first-order valence-corrected chi connectivity index (χ1v) is 12.5. The zero-order valence-corrected chi connectivity index (χ0v) is 21.3. The number of aromatic hydroxyl groups is 1. The molecule has 0 aliphatic rings. The summed E-state index contributed by atoms with van der Waals surface area (Å²) in [6.07, 6.45) is 0. The number of nitrogen functional groups attached to an aromatic ring is 1. The van der Waals surface area contributed by atoms with Gasteiger partial charge in [-0.05, 0) is 47.9 Å². The van der Waals surface area contributed by atoms with Crippen LogP contribution in [-0.4, -0.2) is 43.3 Å². The van der Waals surface area contributed by atoms with Gasteiger partial charge in [-0.3, -0.25) is 4.55 Å². The molecule has 4 aromatic carbocycles. The van der Waals surface area contributed by atoms with E-state index in [0.717, 1.165) is 0 Å². The molecule has 4 aromatic rings. The van der Waals surface area contributed by atoms with Gasteiger partial charge in [-0.2, -0.15) is 13.5 Å². The Morgan fingerprint density at radius 1 is 0.974 bits per heavy atom. The summed E-state index contributed by atoms with van der Waals surface area (Å²) >= 11 is 0. The van der Waals surface area contributed by atoms with Crippen LogP contribution in [0.15, 0.2) is 86.0 Å². The lowest BCUT2D eigenvalue weighted by atomic mass is 10.1. The van der Waals surface area contributed by atoms with E-state index >= 15 is 0 Å². The van der Waals surface area contributed by atoms with E-state index in [9.17, 15) is 22.9 Å². The Kier molecular flexibility index (Phi) is 7.42. The van der Waals surface area contributed by atoms with Crippen molar-refractivity contribution in [2.24, 2.45) is 20.5 Å². The maximum Gasteiger partial charge on any atom is 0.335 e. The Morgan fingerprint density at radius 3 is 2.38 bits per heavy atom. The highest BCUT2D eigenvalue weighted by Crippen LogP contribution is 2.44. The molecule has 0 heterocycles. The van der Waals surface area contributed by atoms with Crippen LogP contribution in [0.2, 0.25) is 0 Å². The number of carboxylic acid groups (broad SMARTS) is 1. The summed E-state index contributed by atoms with van der Waals surface area (Å²) in [6, 6.07) is 14.6. The topological polar surface area (TPSA) is 209 Å². The van der Waals surface area contributed by atoms with Crippen LogP contribution in [0.3, 0.4) is 0 Å². The van der Waals surface area contributed by atoms with Gasteiger partial charge in [0.1, 0.15) is 27.7 Å². The highest BCUT2D eigenvalue weighted by atomic mass is 32.2. The highest BCUT2D eigenvalue weighted by molar-refractivity contribution is 7.86. The van der Waals surface area contributed by atoms with Crippen LogP contribution in [0.25, 0.3) is 10.8 Å². The minimum atomic E-state index is -4.79.